The van der Waals surface area contributed by atoms with Crippen molar-refractivity contribution < 1.29 is 13.2 Å². The van der Waals surface area contributed by atoms with Gasteiger partial charge in [-0.3, -0.25) is 4.79 Å². The Balaban J connectivity index is 2.74. The molecule has 19 heavy (non-hydrogen) atoms. The number of primary amides is 1. The van der Waals surface area contributed by atoms with E-state index in [4.69, 9.17) is 5.73 Å². The number of nitrogens with two attached hydrogens (primary N) is 1. The third-order valence-corrected chi connectivity index (χ3v) is 4.89. The number of amides is 1. The molecule has 0 saturated carbocycles. The Morgan fingerprint density at radius 1 is 1.42 bits per heavy atom. The maximum atomic E-state index is 12.2. The third kappa shape index (κ3) is 2.60. The molecule has 3 N–H and O–H groups in total. The van der Waals surface area contributed by atoms with Crippen molar-refractivity contribution in [2.75, 3.05) is 0 Å². The molecule has 0 radical (unpaired) electrons. The highest BCUT2D eigenvalue weighted by atomic mass is 32.2. The predicted octanol–water partition coefficient (Wildman–Crippen LogP) is 1.08. The summed E-state index contributed by atoms with van der Waals surface area (Å²) in [5.74, 6) is -0.738. The summed E-state index contributed by atoms with van der Waals surface area (Å²) in [7, 11) is -3.70. The minimum absolute atomic E-state index is 0.00951. The molecule has 102 valence electrons. The third-order valence-electron chi connectivity index (χ3n) is 2.37. The largest absolute Gasteiger partial charge is 0.364 e. The standard InChI is InChI=1S/C11H13N3O3S2/c1-6(2)14-19(16,17)8-5-3-4-7-9(8)10(11(12)15)13-18-7/h3-6,14H,1-2H3,(H2,12,15). The van der Waals surface area contributed by atoms with Crippen molar-refractivity contribution in [1.29, 1.82) is 0 Å². The van der Waals surface area contributed by atoms with E-state index in [1.165, 1.54) is 6.07 Å². The summed E-state index contributed by atoms with van der Waals surface area (Å²) < 4.78 is 31.5. The lowest BCUT2D eigenvalue weighted by molar-refractivity contribution is 0.0998. The number of carbonyl (C=O) groups is 1. The lowest BCUT2D eigenvalue weighted by atomic mass is 10.2. The second kappa shape index (κ2) is 4.87. The average molecular weight is 299 g/mol. The first-order valence-corrected chi connectivity index (χ1v) is 7.79. The second-order valence-electron chi connectivity index (χ2n) is 4.30. The molecule has 0 aliphatic carbocycles. The Kier molecular flexibility index (Phi) is 3.57. The summed E-state index contributed by atoms with van der Waals surface area (Å²) in [6.45, 7) is 3.44. The Labute approximate surface area is 114 Å². The van der Waals surface area contributed by atoms with Crippen LogP contribution in [-0.4, -0.2) is 24.7 Å². The molecule has 1 amide bonds. The van der Waals surface area contributed by atoms with E-state index in [1.807, 2.05) is 0 Å². The van der Waals surface area contributed by atoms with Gasteiger partial charge in [0.15, 0.2) is 5.69 Å². The lowest BCUT2D eigenvalue weighted by Crippen LogP contribution is -2.30. The van der Waals surface area contributed by atoms with Crippen LogP contribution in [0, 0.1) is 0 Å². The van der Waals surface area contributed by atoms with Gasteiger partial charge in [-0.1, -0.05) is 6.07 Å². The number of benzene rings is 1. The van der Waals surface area contributed by atoms with E-state index in [2.05, 4.69) is 9.10 Å². The Morgan fingerprint density at radius 2 is 2.11 bits per heavy atom. The molecular formula is C11H13N3O3S2. The van der Waals surface area contributed by atoms with E-state index in [0.29, 0.717) is 4.70 Å². The van der Waals surface area contributed by atoms with Gasteiger partial charge in [-0.05, 0) is 37.5 Å². The van der Waals surface area contributed by atoms with Gasteiger partial charge in [-0.25, -0.2) is 13.1 Å². The molecule has 2 aromatic rings. The van der Waals surface area contributed by atoms with Crippen LogP contribution in [0.3, 0.4) is 0 Å². The second-order valence-corrected chi connectivity index (χ2v) is 6.79. The number of hydrogen-bond acceptors (Lipinski definition) is 5. The maximum Gasteiger partial charge on any atom is 0.269 e. The first kappa shape index (κ1) is 13.9. The first-order chi connectivity index (χ1) is 8.83. The number of rotatable bonds is 4. The van der Waals surface area contributed by atoms with Crippen molar-refractivity contribution in [3.05, 3.63) is 23.9 Å². The van der Waals surface area contributed by atoms with E-state index in [9.17, 15) is 13.2 Å². The first-order valence-electron chi connectivity index (χ1n) is 5.53. The molecule has 0 fully saturated rings. The summed E-state index contributed by atoms with van der Waals surface area (Å²) in [5.41, 5.74) is 5.22. The number of hydrogen-bond donors (Lipinski definition) is 2. The van der Waals surface area contributed by atoms with E-state index in [-0.39, 0.29) is 22.0 Å². The summed E-state index contributed by atoms with van der Waals surface area (Å²) in [6, 6.07) is 4.51. The minimum Gasteiger partial charge on any atom is -0.364 e. The Morgan fingerprint density at radius 3 is 2.68 bits per heavy atom. The van der Waals surface area contributed by atoms with Gasteiger partial charge in [0.05, 0.1) is 9.60 Å². The molecule has 0 saturated heterocycles. The fourth-order valence-corrected chi connectivity index (χ4v) is 4.08. The lowest BCUT2D eigenvalue weighted by Gasteiger charge is -2.10. The Bertz CT molecular complexity index is 735. The van der Waals surface area contributed by atoms with Gasteiger partial charge in [0.25, 0.3) is 5.91 Å². The number of nitrogens with one attached hydrogen (secondary N) is 1. The quantitative estimate of drug-likeness (QED) is 0.881. The maximum absolute atomic E-state index is 12.2. The zero-order valence-electron chi connectivity index (χ0n) is 10.4. The van der Waals surface area contributed by atoms with Gasteiger partial charge in [0.1, 0.15) is 0 Å². The van der Waals surface area contributed by atoms with Gasteiger partial charge in [0.2, 0.25) is 10.0 Å². The molecule has 1 aromatic carbocycles. The van der Waals surface area contributed by atoms with Gasteiger partial charge in [0, 0.05) is 11.4 Å². The molecule has 0 aliphatic rings. The SMILES string of the molecule is CC(C)NS(=O)(=O)c1cccc2snc(C(N)=O)c12. The van der Waals surface area contributed by atoms with Crippen LogP contribution in [0.2, 0.25) is 0 Å². The molecule has 0 spiro atoms. The molecule has 8 heteroatoms. The van der Waals surface area contributed by atoms with Crippen LogP contribution < -0.4 is 10.5 Å². The van der Waals surface area contributed by atoms with Crippen LogP contribution in [0.15, 0.2) is 23.1 Å². The molecule has 0 atom stereocenters. The fourth-order valence-electron chi connectivity index (χ4n) is 1.73. The van der Waals surface area contributed by atoms with Crippen LogP contribution in [0.25, 0.3) is 10.1 Å². The fraction of sp³-hybridized carbons (Fsp3) is 0.273. The van der Waals surface area contributed by atoms with E-state index < -0.39 is 15.9 Å². The van der Waals surface area contributed by atoms with Gasteiger partial charge in [-0.2, -0.15) is 4.37 Å². The topological polar surface area (TPSA) is 102 Å². The van der Waals surface area contributed by atoms with Crippen LogP contribution in [-0.2, 0) is 10.0 Å². The highest BCUT2D eigenvalue weighted by Gasteiger charge is 2.23. The number of carbonyl (C=O) groups excluding carboxylic acids is 1. The number of fused-ring (bicyclic) bond motifs is 1. The molecule has 2 rings (SSSR count). The smallest absolute Gasteiger partial charge is 0.269 e. The van der Waals surface area contributed by atoms with Gasteiger partial charge < -0.3 is 5.73 Å². The van der Waals surface area contributed by atoms with Crippen LogP contribution in [0.4, 0.5) is 0 Å². The van der Waals surface area contributed by atoms with Crippen molar-refractivity contribution in [2.24, 2.45) is 5.73 Å². The molecule has 0 aliphatic heterocycles. The summed E-state index contributed by atoms with van der Waals surface area (Å²) in [5, 5.41) is 0.285. The average Bonchev–Trinajstić information content (AvgIpc) is 2.70. The molecule has 6 nitrogen and oxygen atoms in total. The van der Waals surface area contributed by atoms with Crippen molar-refractivity contribution in [1.82, 2.24) is 9.10 Å². The van der Waals surface area contributed by atoms with Crippen molar-refractivity contribution >= 4 is 37.5 Å². The van der Waals surface area contributed by atoms with Crippen LogP contribution >= 0.6 is 11.5 Å². The summed E-state index contributed by atoms with van der Waals surface area (Å²) in [4.78, 5) is 11.4. The Hall–Kier alpha value is -1.51. The van der Waals surface area contributed by atoms with Gasteiger partial charge in [-0.15, -0.1) is 0 Å². The highest BCUT2D eigenvalue weighted by Crippen LogP contribution is 2.29. The predicted molar refractivity (Wildman–Crippen MR) is 73.6 cm³/mol. The molecule has 0 bridgehead atoms. The zero-order valence-corrected chi connectivity index (χ0v) is 12.0. The van der Waals surface area contributed by atoms with Gasteiger partial charge >= 0.3 is 0 Å². The zero-order chi connectivity index (χ0) is 14.2. The van der Waals surface area contributed by atoms with Crippen molar-refractivity contribution in [3.8, 4) is 0 Å². The van der Waals surface area contributed by atoms with Crippen LogP contribution in [0.5, 0.6) is 0 Å². The number of aromatic nitrogens is 1. The van der Waals surface area contributed by atoms with Crippen molar-refractivity contribution in [3.63, 3.8) is 0 Å². The highest BCUT2D eigenvalue weighted by molar-refractivity contribution is 7.89. The van der Waals surface area contributed by atoms with E-state index >= 15 is 0 Å². The molecule has 0 unspecified atom stereocenters. The van der Waals surface area contributed by atoms with E-state index in [1.54, 1.807) is 26.0 Å². The van der Waals surface area contributed by atoms with Crippen LogP contribution in [0.1, 0.15) is 24.3 Å². The summed E-state index contributed by atoms with van der Waals surface area (Å²) in [6.07, 6.45) is 0. The number of sulfonamides is 1. The minimum atomic E-state index is -3.70. The molecule has 1 aromatic heterocycles. The number of nitrogens with zero attached hydrogens (tertiary/aromatic N) is 1. The normalized spacial score (nSPS) is 12.2. The molecule has 1 heterocycles. The van der Waals surface area contributed by atoms with Crippen molar-refractivity contribution in [2.45, 2.75) is 24.8 Å². The van der Waals surface area contributed by atoms with E-state index in [0.717, 1.165) is 11.5 Å². The molecular weight excluding hydrogens is 286 g/mol. The monoisotopic (exact) mass is 299 g/mol. The summed E-state index contributed by atoms with van der Waals surface area (Å²) >= 11 is 1.05.